The molecule has 11 heteroatoms. The molecular formula is C13H13F3N2O4S2. The second kappa shape index (κ2) is 8.08. The first-order valence-corrected chi connectivity index (χ1v) is 8.59. The number of hydrogen-bond acceptors (Lipinski definition) is 6. The fourth-order valence-electron chi connectivity index (χ4n) is 2.00. The van der Waals surface area contributed by atoms with Gasteiger partial charge in [0.25, 0.3) is 5.69 Å². The van der Waals surface area contributed by atoms with E-state index in [2.05, 4.69) is 0 Å². The van der Waals surface area contributed by atoms with E-state index in [1.807, 2.05) is 0 Å². The average Bonchev–Trinajstić information content (AvgIpc) is 2.52. The van der Waals surface area contributed by atoms with Crippen molar-refractivity contribution in [3.05, 3.63) is 28.3 Å². The van der Waals surface area contributed by atoms with Crippen LogP contribution in [0.25, 0.3) is 0 Å². The van der Waals surface area contributed by atoms with Crippen molar-refractivity contribution in [2.75, 3.05) is 32.1 Å². The Balaban J connectivity index is 2.06. The summed E-state index contributed by atoms with van der Waals surface area (Å²) in [6, 6.07) is 3.27. The Kier molecular flexibility index (Phi) is 6.35. The highest BCUT2D eigenvalue weighted by atomic mass is 32.2. The Morgan fingerprint density at radius 2 is 2.00 bits per heavy atom. The zero-order valence-corrected chi connectivity index (χ0v) is 13.9. The van der Waals surface area contributed by atoms with E-state index < -0.39 is 27.9 Å². The van der Waals surface area contributed by atoms with E-state index in [4.69, 9.17) is 4.74 Å². The van der Waals surface area contributed by atoms with Crippen LogP contribution in [-0.4, -0.2) is 53.3 Å². The lowest BCUT2D eigenvalue weighted by molar-refractivity contribution is -0.387. The van der Waals surface area contributed by atoms with E-state index in [-0.39, 0.29) is 21.5 Å². The Hall–Kier alpha value is -1.46. The van der Waals surface area contributed by atoms with E-state index >= 15 is 0 Å². The van der Waals surface area contributed by atoms with Gasteiger partial charge in [0.2, 0.25) is 5.91 Å². The summed E-state index contributed by atoms with van der Waals surface area (Å²) in [6.07, 6.45) is 0. The average molecular weight is 382 g/mol. The number of alkyl halides is 3. The molecule has 0 aromatic heterocycles. The summed E-state index contributed by atoms with van der Waals surface area (Å²) in [7, 11) is 0. The van der Waals surface area contributed by atoms with Crippen LogP contribution in [0.2, 0.25) is 0 Å². The minimum Gasteiger partial charge on any atom is -0.378 e. The van der Waals surface area contributed by atoms with Crippen LogP contribution in [-0.2, 0) is 9.53 Å². The summed E-state index contributed by atoms with van der Waals surface area (Å²) >= 11 is 0.525. The van der Waals surface area contributed by atoms with Gasteiger partial charge in [0.1, 0.15) is 0 Å². The van der Waals surface area contributed by atoms with Gasteiger partial charge in [-0.2, -0.15) is 13.2 Å². The number of carbonyl (C=O) groups is 1. The molecule has 0 bridgehead atoms. The molecule has 0 atom stereocenters. The molecular weight excluding hydrogens is 369 g/mol. The Labute approximate surface area is 143 Å². The second-order valence-electron chi connectivity index (χ2n) is 4.72. The first-order valence-electron chi connectivity index (χ1n) is 6.79. The largest absolute Gasteiger partial charge is 0.446 e. The summed E-state index contributed by atoms with van der Waals surface area (Å²) in [5, 5.41) is 11.1. The lowest BCUT2D eigenvalue weighted by Gasteiger charge is -2.26. The number of ether oxygens (including phenoxy) is 1. The van der Waals surface area contributed by atoms with E-state index in [1.165, 1.54) is 6.07 Å². The number of nitro groups is 1. The number of morpholine rings is 1. The third-order valence-electron chi connectivity index (χ3n) is 3.08. The highest BCUT2D eigenvalue weighted by Gasteiger charge is 2.30. The highest BCUT2D eigenvalue weighted by molar-refractivity contribution is 8.00. The van der Waals surface area contributed by atoms with E-state index in [1.54, 1.807) is 4.90 Å². The summed E-state index contributed by atoms with van der Waals surface area (Å²) in [6.45, 7) is 1.81. The van der Waals surface area contributed by atoms with Crippen molar-refractivity contribution in [2.45, 2.75) is 15.3 Å². The molecule has 0 saturated carbocycles. The highest BCUT2D eigenvalue weighted by Crippen LogP contribution is 2.40. The summed E-state index contributed by atoms with van der Waals surface area (Å²) < 4.78 is 42.2. The van der Waals surface area contributed by atoms with Gasteiger partial charge in [-0.05, 0) is 23.9 Å². The normalized spacial score (nSPS) is 15.4. The molecule has 0 spiro atoms. The zero-order valence-electron chi connectivity index (χ0n) is 12.2. The molecule has 1 aromatic rings. The van der Waals surface area contributed by atoms with Crippen molar-refractivity contribution in [3.63, 3.8) is 0 Å². The van der Waals surface area contributed by atoms with Crippen LogP contribution in [0.3, 0.4) is 0 Å². The Morgan fingerprint density at radius 3 is 2.58 bits per heavy atom. The SMILES string of the molecule is O=C(CSc1ccc(SC(F)(F)F)cc1[N+](=O)[O-])N1CCOCC1. The molecule has 1 aromatic carbocycles. The van der Waals surface area contributed by atoms with Crippen LogP contribution < -0.4 is 0 Å². The predicted molar refractivity (Wildman–Crippen MR) is 83.1 cm³/mol. The molecule has 0 unspecified atom stereocenters. The second-order valence-corrected chi connectivity index (χ2v) is 6.87. The fraction of sp³-hybridized carbons (Fsp3) is 0.462. The maximum atomic E-state index is 12.4. The van der Waals surface area contributed by atoms with Crippen LogP contribution in [0.1, 0.15) is 0 Å². The van der Waals surface area contributed by atoms with Crippen LogP contribution in [0.4, 0.5) is 18.9 Å². The summed E-state index contributed by atoms with van der Waals surface area (Å²) in [5.41, 5.74) is -4.96. The van der Waals surface area contributed by atoms with Crippen LogP contribution >= 0.6 is 23.5 Å². The molecule has 1 heterocycles. The molecule has 2 rings (SSSR count). The Bertz CT molecular complexity index is 622. The number of hydrogen-bond donors (Lipinski definition) is 0. The minimum absolute atomic E-state index is 0.0212. The number of carbonyl (C=O) groups excluding carboxylic acids is 1. The van der Waals surface area contributed by atoms with Crippen LogP contribution in [0.15, 0.2) is 28.0 Å². The number of halogens is 3. The molecule has 1 fully saturated rings. The number of benzene rings is 1. The first-order chi connectivity index (χ1) is 11.3. The van der Waals surface area contributed by atoms with Gasteiger partial charge in [-0.15, -0.1) is 11.8 Å². The molecule has 6 nitrogen and oxygen atoms in total. The molecule has 1 amide bonds. The standard InChI is InChI=1S/C13H13F3N2O4S2/c14-13(15,16)24-9-1-2-11(10(7-9)18(20)21)23-8-12(19)17-3-5-22-6-4-17/h1-2,7H,3-6,8H2. The van der Waals surface area contributed by atoms with Crippen molar-refractivity contribution in [1.82, 2.24) is 4.90 Å². The lowest BCUT2D eigenvalue weighted by atomic mass is 10.3. The van der Waals surface area contributed by atoms with Crippen molar-refractivity contribution in [1.29, 1.82) is 0 Å². The molecule has 0 N–H and O–H groups in total. The van der Waals surface area contributed by atoms with Gasteiger partial charge in [0.05, 0.1) is 28.8 Å². The van der Waals surface area contributed by atoms with E-state index in [9.17, 15) is 28.1 Å². The maximum Gasteiger partial charge on any atom is 0.446 e. The van der Waals surface area contributed by atoms with Crippen molar-refractivity contribution < 1.29 is 27.6 Å². The lowest BCUT2D eigenvalue weighted by Crippen LogP contribution is -2.41. The quantitative estimate of drug-likeness (QED) is 0.443. The first kappa shape index (κ1) is 18.9. The fourth-order valence-corrected chi connectivity index (χ4v) is 3.48. The van der Waals surface area contributed by atoms with E-state index in [0.717, 1.165) is 23.9 Å². The van der Waals surface area contributed by atoms with Crippen LogP contribution in [0, 0.1) is 10.1 Å². The summed E-state index contributed by atoms with van der Waals surface area (Å²) in [4.78, 5) is 23.8. The van der Waals surface area contributed by atoms with E-state index in [0.29, 0.717) is 26.3 Å². The van der Waals surface area contributed by atoms with Gasteiger partial charge in [-0.1, -0.05) is 0 Å². The minimum atomic E-state index is -4.52. The number of nitro benzene ring substituents is 1. The monoisotopic (exact) mass is 382 g/mol. The third-order valence-corrected chi connectivity index (χ3v) is 4.84. The number of nitrogens with zero attached hydrogens (tertiary/aromatic N) is 2. The maximum absolute atomic E-state index is 12.4. The molecule has 1 aliphatic heterocycles. The van der Waals surface area contributed by atoms with Crippen LogP contribution in [0.5, 0.6) is 0 Å². The molecule has 24 heavy (non-hydrogen) atoms. The molecule has 0 radical (unpaired) electrons. The molecule has 1 saturated heterocycles. The van der Waals surface area contributed by atoms with Crippen molar-refractivity contribution >= 4 is 35.1 Å². The van der Waals surface area contributed by atoms with Gasteiger partial charge < -0.3 is 9.64 Å². The molecule has 0 aliphatic carbocycles. The Morgan fingerprint density at radius 1 is 1.33 bits per heavy atom. The summed E-state index contributed by atoms with van der Waals surface area (Å²) in [5.74, 6) is -0.210. The van der Waals surface area contributed by atoms with Gasteiger partial charge in [0.15, 0.2) is 0 Å². The van der Waals surface area contributed by atoms with Gasteiger partial charge in [-0.25, -0.2) is 0 Å². The van der Waals surface area contributed by atoms with Gasteiger partial charge >= 0.3 is 5.51 Å². The molecule has 1 aliphatic rings. The predicted octanol–water partition coefficient (Wildman–Crippen LogP) is 3.16. The number of amides is 1. The number of rotatable bonds is 5. The van der Waals surface area contributed by atoms with Gasteiger partial charge in [-0.3, -0.25) is 14.9 Å². The topological polar surface area (TPSA) is 72.7 Å². The molecule has 132 valence electrons. The van der Waals surface area contributed by atoms with Crippen molar-refractivity contribution in [3.8, 4) is 0 Å². The smallest absolute Gasteiger partial charge is 0.378 e. The zero-order chi connectivity index (χ0) is 17.7. The van der Waals surface area contributed by atoms with Crippen molar-refractivity contribution in [2.24, 2.45) is 0 Å². The number of thioether (sulfide) groups is 2. The third kappa shape index (κ3) is 5.56. The van der Waals surface area contributed by atoms with Gasteiger partial charge in [0, 0.05) is 24.1 Å².